The zero-order valence-corrected chi connectivity index (χ0v) is 27.4. The Labute approximate surface area is 281 Å². The van der Waals surface area contributed by atoms with Crippen LogP contribution in [-0.2, 0) is 10.1 Å². The highest BCUT2D eigenvalue weighted by Crippen LogP contribution is 2.36. The number of alkyl halides is 3. The van der Waals surface area contributed by atoms with Gasteiger partial charge in [-0.25, -0.2) is 0 Å². The Morgan fingerprint density at radius 2 is 1.11 bits per heavy atom. The quantitative estimate of drug-likeness (QED) is 0.0901. The lowest BCUT2D eigenvalue weighted by Crippen LogP contribution is -2.27. The lowest BCUT2D eigenvalue weighted by Gasteiger charge is -2.10. The standard InChI is InChI=1S/C20H12ClF3O4S2.C12H8Cl2S/c21-17-12-14(19(25)13-4-2-1-3-5-13)6-11-18(17)29-16-9-7-15(8-10-16)28-30(26,27)20(22,23)24;13-9-1-5-11(6-2-9)15-12-7-3-10(14)4-8-12/h1-12H;1-8H. The highest BCUT2D eigenvalue weighted by molar-refractivity contribution is 7.99. The second-order valence-electron chi connectivity index (χ2n) is 8.91. The van der Waals surface area contributed by atoms with Crippen LogP contribution in [0, 0.1) is 0 Å². The Morgan fingerprint density at radius 1 is 0.622 bits per heavy atom. The normalized spacial score (nSPS) is 11.3. The molecular weight excluding hydrogens is 708 g/mol. The number of ketones is 1. The highest BCUT2D eigenvalue weighted by Gasteiger charge is 2.48. The fourth-order valence-corrected chi connectivity index (χ4v) is 6.13. The third-order valence-electron chi connectivity index (χ3n) is 5.63. The van der Waals surface area contributed by atoms with E-state index in [0.717, 1.165) is 22.2 Å². The third kappa shape index (κ3) is 10.2. The first-order chi connectivity index (χ1) is 21.3. The van der Waals surface area contributed by atoms with Gasteiger partial charge in [0.15, 0.2) is 5.78 Å². The fraction of sp³-hybridized carbons (Fsp3) is 0.0312. The lowest BCUT2D eigenvalue weighted by atomic mass is 10.0. The van der Waals surface area contributed by atoms with E-state index in [2.05, 4.69) is 4.18 Å². The van der Waals surface area contributed by atoms with Gasteiger partial charge in [-0.1, -0.05) is 88.7 Å². The van der Waals surface area contributed by atoms with Gasteiger partial charge in [-0.05, 0) is 91.0 Å². The van der Waals surface area contributed by atoms with E-state index in [-0.39, 0.29) is 5.78 Å². The second-order valence-corrected chi connectivity index (χ2v) is 14.0. The molecule has 0 radical (unpaired) electrons. The van der Waals surface area contributed by atoms with Gasteiger partial charge in [0.25, 0.3) is 0 Å². The Kier molecular flexibility index (Phi) is 11.9. The molecule has 0 N–H and O–H groups in total. The van der Waals surface area contributed by atoms with Gasteiger partial charge in [0.2, 0.25) is 0 Å². The maximum Gasteiger partial charge on any atom is 0.534 e. The number of carbonyl (C=O) groups excluding carboxylic acids is 1. The van der Waals surface area contributed by atoms with Crippen LogP contribution < -0.4 is 4.18 Å². The van der Waals surface area contributed by atoms with Gasteiger partial charge in [0.05, 0.1) is 5.02 Å². The number of hydrogen-bond acceptors (Lipinski definition) is 6. The van der Waals surface area contributed by atoms with Crippen LogP contribution in [0.4, 0.5) is 13.2 Å². The van der Waals surface area contributed by atoms with E-state index < -0.39 is 21.4 Å². The maximum absolute atomic E-state index is 12.5. The van der Waals surface area contributed by atoms with E-state index in [1.807, 2.05) is 48.5 Å². The molecule has 0 aliphatic rings. The van der Waals surface area contributed by atoms with Crippen LogP contribution in [0.2, 0.25) is 15.1 Å². The molecule has 0 amide bonds. The summed E-state index contributed by atoms with van der Waals surface area (Å²) in [6.07, 6.45) is 0. The molecule has 0 atom stereocenters. The minimum Gasteiger partial charge on any atom is -0.376 e. The van der Waals surface area contributed by atoms with Crippen molar-refractivity contribution >= 4 is 74.2 Å². The predicted molar refractivity (Wildman–Crippen MR) is 175 cm³/mol. The van der Waals surface area contributed by atoms with Crippen LogP contribution in [0.1, 0.15) is 15.9 Å². The van der Waals surface area contributed by atoms with Gasteiger partial charge in [-0.15, -0.1) is 0 Å². The summed E-state index contributed by atoms with van der Waals surface area (Å²) in [7, 11) is -5.72. The molecule has 0 spiro atoms. The van der Waals surface area contributed by atoms with Gasteiger partial charge in [-0.2, -0.15) is 21.6 Å². The van der Waals surface area contributed by atoms with E-state index in [1.54, 1.807) is 54.2 Å². The minimum absolute atomic E-state index is 0.179. The molecular formula is C32H20Cl3F3O4S3. The molecule has 45 heavy (non-hydrogen) atoms. The monoisotopic (exact) mass is 726 g/mol. The van der Waals surface area contributed by atoms with Crippen molar-refractivity contribution in [2.24, 2.45) is 0 Å². The predicted octanol–water partition coefficient (Wildman–Crippen LogP) is 11.1. The van der Waals surface area contributed by atoms with E-state index in [1.165, 1.54) is 39.8 Å². The van der Waals surface area contributed by atoms with E-state index in [4.69, 9.17) is 34.8 Å². The van der Waals surface area contributed by atoms with Crippen LogP contribution in [-0.4, -0.2) is 19.7 Å². The van der Waals surface area contributed by atoms with Crippen molar-refractivity contribution in [3.8, 4) is 5.75 Å². The SMILES string of the molecule is Clc1ccc(Sc2ccc(Cl)cc2)cc1.O=C(c1ccccc1)c1ccc(Sc2ccc(OS(=O)(=O)C(F)(F)F)cc2)c(Cl)c1. The van der Waals surface area contributed by atoms with Crippen molar-refractivity contribution < 1.29 is 30.6 Å². The first-order valence-corrected chi connectivity index (χ1v) is 16.9. The Morgan fingerprint density at radius 3 is 1.60 bits per heavy atom. The molecule has 5 aromatic rings. The summed E-state index contributed by atoms with van der Waals surface area (Å²) in [4.78, 5) is 16.0. The van der Waals surface area contributed by atoms with Crippen LogP contribution in [0.15, 0.2) is 141 Å². The van der Waals surface area contributed by atoms with Crippen molar-refractivity contribution in [2.45, 2.75) is 25.1 Å². The largest absolute Gasteiger partial charge is 0.534 e. The summed E-state index contributed by atoms with van der Waals surface area (Å²) in [5.41, 5.74) is -4.57. The van der Waals surface area contributed by atoms with E-state index in [9.17, 15) is 26.4 Å². The number of benzene rings is 5. The molecule has 0 heterocycles. The molecule has 4 nitrogen and oxygen atoms in total. The molecule has 5 rings (SSSR count). The number of carbonyl (C=O) groups is 1. The zero-order valence-electron chi connectivity index (χ0n) is 22.7. The number of rotatable bonds is 8. The fourth-order valence-electron chi connectivity index (χ4n) is 3.49. The van der Waals surface area contributed by atoms with Gasteiger partial charge in [0, 0.05) is 40.8 Å². The van der Waals surface area contributed by atoms with E-state index in [0.29, 0.717) is 25.9 Å². The summed E-state index contributed by atoms with van der Waals surface area (Å²) in [5.74, 6) is -0.645. The first-order valence-electron chi connectivity index (χ1n) is 12.7. The summed E-state index contributed by atoms with van der Waals surface area (Å²) in [6, 6.07) is 34.1. The van der Waals surface area contributed by atoms with Crippen molar-refractivity contribution in [1.82, 2.24) is 0 Å². The Balaban J connectivity index is 0.000000256. The molecule has 232 valence electrons. The van der Waals surface area contributed by atoms with Crippen molar-refractivity contribution in [3.63, 3.8) is 0 Å². The molecule has 0 aliphatic carbocycles. The highest BCUT2D eigenvalue weighted by atomic mass is 35.5. The lowest BCUT2D eigenvalue weighted by molar-refractivity contribution is -0.0500. The van der Waals surface area contributed by atoms with Gasteiger partial charge >= 0.3 is 15.6 Å². The minimum atomic E-state index is -5.72. The topological polar surface area (TPSA) is 60.4 Å². The summed E-state index contributed by atoms with van der Waals surface area (Å²) in [6.45, 7) is 0. The molecule has 0 saturated carbocycles. The summed E-state index contributed by atoms with van der Waals surface area (Å²) >= 11 is 20.8. The summed E-state index contributed by atoms with van der Waals surface area (Å²) in [5, 5.41) is 1.84. The molecule has 0 saturated heterocycles. The van der Waals surface area contributed by atoms with Gasteiger partial charge in [0.1, 0.15) is 5.75 Å². The summed E-state index contributed by atoms with van der Waals surface area (Å²) < 4.78 is 63.2. The molecule has 0 aliphatic heterocycles. The van der Waals surface area contributed by atoms with Crippen LogP contribution in [0.5, 0.6) is 5.75 Å². The first kappa shape index (κ1) is 34.7. The van der Waals surface area contributed by atoms with Crippen LogP contribution >= 0.6 is 58.3 Å². The van der Waals surface area contributed by atoms with Crippen LogP contribution in [0.3, 0.4) is 0 Å². The average molecular weight is 728 g/mol. The van der Waals surface area contributed by atoms with Crippen LogP contribution in [0.25, 0.3) is 0 Å². The molecule has 5 aromatic carbocycles. The third-order valence-corrected chi connectivity index (χ3v) is 9.64. The molecule has 0 fully saturated rings. The average Bonchev–Trinajstić information content (AvgIpc) is 3.01. The molecule has 13 heteroatoms. The van der Waals surface area contributed by atoms with Crippen molar-refractivity contribution in [1.29, 1.82) is 0 Å². The Hall–Kier alpha value is -3.12. The van der Waals surface area contributed by atoms with Crippen molar-refractivity contribution in [2.75, 3.05) is 0 Å². The number of hydrogen-bond donors (Lipinski definition) is 0. The zero-order chi connectivity index (χ0) is 32.6. The smallest absolute Gasteiger partial charge is 0.376 e. The van der Waals surface area contributed by atoms with Gasteiger partial charge < -0.3 is 4.18 Å². The van der Waals surface area contributed by atoms with Gasteiger partial charge in [-0.3, -0.25) is 4.79 Å². The Bertz CT molecular complexity index is 1810. The molecule has 0 unspecified atom stereocenters. The van der Waals surface area contributed by atoms with E-state index >= 15 is 0 Å². The molecule has 0 aromatic heterocycles. The number of halogens is 6. The maximum atomic E-state index is 12.5. The molecule has 0 bridgehead atoms. The van der Waals surface area contributed by atoms with Crippen molar-refractivity contribution in [3.05, 3.63) is 148 Å². The second kappa shape index (κ2) is 15.4.